The molecule has 4 rings (SSSR count). The van der Waals surface area contributed by atoms with Crippen molar-refractivity contribution in [3.05, 3.63) is 35.1 Å². The molecule has 1 aromatic heterocycles. The number of hydrogen-bond donors (Lipinski definition) is 0. The highest BCUT2D eigenvalue weighted by molar-refractivity contribution is 5.99. The van der Waals surface area contributed by atoms with E-state index in [0.29, 0.717) is 38.2 Å². The van der Waals surface area contributed by atoms with Gasteiger partial charge in [0, 0.05) is 43.9 Å². The van der Waals surface area contributed by atoms with Gasteiger partial charge in [0.1, 0.15) is 11.2 Å². The van der Waals surface area contributed by atoms with Crippen LogP contribution in [-0.4, -0.2) is 54.1 Å². The molecule has 1 spiro atoms. The molecule has 1 aromatic carbocycles. The summed E-state index contributed by atoms with van der Waals surface area (Å²) in [5.74, 6) is 0.330. The molecule has 6 heteroatoms. The Labute approximate surface area is 146 Å². The van der Waals surface area contributed by atoms with Gasteiger partial charge in [0.25, 0.3) is 5.91 Å². The number of nitrogens with zero attached hydrogens (tertiary/aromatic N) is 2. The molecule has 0 N–H and O–H groups in total. The molecule has 0 radical (unpaired) electrons. The van der Waals surface area contributed by atoms with Crippen molar-refractivity contribution in [1.82, 2.24) is 9.80 Å². The third-order valence-corrected chi connectivity index (χ3v) is 5.39. The minimum atomic E-state index is -0.442. The van der Waals surface area contributed by atoms with E-state index >= 15 is 0 Å². The van der Waals surface area contributed by atoms with Crippen LogP contribution < -0.4 is 0 Å². The number of benzene rings is 1. The largest absolute Gasteiger partial charge is 0.451 e. The Morgan fingerprint density at radius 3 is 2.56 bits per heavy atom. The third-order valence-electron chi connectivity index (χ3n) is 5.39. The maximum absolute atomic E-state index is 12.9. The first-order valence-electron chi connectivity index (χ1n) is 8.62. The number of carbonyl (C=O) groups excluding carboxylic acids is 2. The van der Waals surface area contributed by atoms with Crippen molar-refractivity contribution in [3.63, 3.8) is 0 Å². The van der Waals surface area contributed by atoms with Crippen LogP contribution >= 0.6 is 0 Å². The summed E-state index contributed by atoms with van der Waals surface area (Å²) in [7, 11) is 1.74. The van der Waals surface area contributed by atoms with E-state index < -0.39 is 5.60 Å². The molecule has 6 nitrogen and oxygen atoms in total. The van der Waals surface area contributed by atoms with Crippen LogP contribution in [0.5, 0.6) is 0 Å². The van der Waals surface area contributed by atoms with E-state index in [-0.39, 0.29) is 12.0 Å². The van der Waals surface area contributed by atoms with Crippen LogP contribution in [0.2, 0.25) is 0 Å². The third kappa shape index (κ3) is 2.56. The Bertz CT molecular complexity index is 862. The smallest absolute Gasteiger partial charge is 0.410 e. The lowest BCUT2D eigenvalue weighted by atomic mass is 9.91. The maximum atomic E-state index is 12.9. The minimum absolute atomic E-state index is 0.0844. The van der Waals surface area contributed by atoms with Gasteiger partial charge in [0.05, 0.1) is 6.54 Å². The lowest BCUT2D eigenvalue weighted by Gasteiger charge is -2.37. The number of furan rings is 1. The van der Waals surface area contributed by atoms with E-state index in [4.69, 9.17) is 9.15 Å². The molecule has 0 bridgehead atoms. The van der Waals surface area contributed by atoms with Crippen LogP contribution in [0.15, 0.2) is 22.6 Å². The van der Waals surface area contributed by atoms with Gasteiger partial charge < -0.3 is 19.0 Å². The number of carbonyl (C=O) groups is 2. The van der Waals surface area contributed by atoms with E-state index in [2.05, 4.69) is 0 Å². The molecule has 0 aliphatic carbocycles. The van der Waals surface area contributed by atoms with Gasteiger partial charge >= 0.3 is 6.09 Å². The number of piperidine rings is 1. The van der Waals surface area contributed by atoms with Crippen molar-refractivity contribution in [2.45, 2.75) is 32.3 Å². The fraction of sp³-hybridized carbons (Fsp3) is 0.474. The number of likely N-dealkylation sites (N-methyl/N-ethyl adjacent to an activating group) is 1. The Hall–Kier alpha value is -2.50. The van der Waals surface area contributed by atoms with Crippen molar-refractivity contribution in [3.8, 4) is 0 Å². The Balaban J connectivity index is 1.53. The molecule has 2 aromatic rings. The number of ether oxygens (including phenoxy) is 1. The number of rotatable bonds is 1. The molecule has 2 amide bonds. The van der Waals surface area contributed by atoms with Gasteiger partial charge in [-0.25, -0.2) is 4.79 Å². The molecule has 2 fully saturated rings. The Kier molecular flexibility index (Phi) is 3.52. The summed E-state index contributed by atoms with van der Waals surface area (Å²) in [6, 6.07) is 5.98. The van der Waals surface area contributed by atoms with Gasteiger partial charge in [-0.05, 0) is 25.5 Å². The van der Waals surface area contributed by atoms with Crippen molar-refractivity contribution in [2.75, 3.05) is 26.7 Å². The standard InChI is InChI=1S/C19H22N2O4/c1-12-4-5-14-13(2)16(24-15(14)10-12)17(22)21-8-6-19(7-9-21)11-20(3)18(23)25-19/h4-5,10H,6-9,11H2,1-3H3. The second-order valence-corrected chi connectivity index (χ2v) is 7.26. The molecule has 0 saturated carbocycles. The summed E-state index contributed by atoms with van der Waals surface area (Å²) in [5, 5.41) is 0.980. The number of hydrogen-bond acceptors (Lipinski definition) is 4. The molecule has 25 heavy (non-hydrogen) atoms. The van der Waals surface area contributed by atoms with Gasteiger partial charge in [-0.15, -0.1) is 0 Å². The molecule has 132 valence electrons. The fourth-order valence-electron chi connectivity index (χ4n) is 3.85. The predicted octanol–water partition coefficient (Wildman–Crippen LogP) is 3.11. The molecule has 2 saturated heterocycles. The van der Waals surface area contributed by atoms with Gasteiger partial charge in [-0.1, -0.05) is 12.1 Å². The zero-order valence-electron chi connectivity index (χ0n) is 14.8. The van der Waals surface area contributed by atoms with E-state index in [1.807, 2.05) is 32.0 Å². The monoisotopic (exact) mass is 342 g/mol. The number of fused-ring (bicyclic) bond motifs is 1. The normalized spacial score (nSPS) is 19.7. The van der Waals surface area contributed by atoms with Crippen LogP contribution in [0.4, 0.5) is 4.79 Å². The van der Waals surface area contributed by atoms with Gasteiger partial charge in [-0.2, -0.15) is 0 Å². The van der Waals surface area contributed by atoms with Crippen molar-refractivity contribution < 1.29 is 18.7 Å². The van der Waals surface area contributed by atoms with Crippen LogP contribution in [0.1, 0.15) is 34.5 Å². The van der Waals surface area contributed by atoms with E-state index in [0.717, 1.165) is 22.1 Å². The van der Waals surface area contributed by atoms with Crippen molar-refractivity contribution in [2.24, 2.45) is 0 Å². The molecular weight excluding hydrogens is 320 g/mol. The second kappa shape index (κ2) is 5.51. The molecule has 0 atom stereocenters. The first-order valence-corrected chi connectivity index (χ1v) is 8.62. The van der Waals surface area contributed by atoms with Crippen molar-refractivity contribution >= 4 is 23.0 Å². The predicted molar refractivity (Wildman–Crippen MR) is 92.7 cm³/mol. The SMILES string of the molecule is Cc1ccc2c(C)c(C(=O)N3CCC4(CC3)CN(C)C(=O)O4)oc2c1. The van der Waals surface area contributed by atoms with E-state index in [1.54, 1.807) is 16.8 Å². The average molecular weight is 342 g/mol. The molecule has 0 unspecified atom stereocenters. The Morgan fingerprint density at radius 1 is 1.20 bits per heavy atom. The second-order valence-electron chi connectivity index (χ2n) is 7.26. The first kappa shape index (κ1) is 16.0. The summed E-state index contributed by atoms with van der Waals surface area (Å²) >= 11 is 0. The Morgan fingerprint density at radius 2 is 1.92 bits per heavy atom. The highest BCUT2D eigenvalue weighted by atomic mass is 16.6. The van der Waals surface area contributed by atoms with Crippen LogP contribution in [-0.2, 0) is 4.74 Å². The number of amides is 2. The summed E-state index contributed by atoms with van der Waals surface area (Å²) < 4.78 is 11.4. The lowest BCUT2D eigenvalue weighted by molar-refractivity contribution is 0.00234. The van der Waals surface area contributed by atoms with Gasteiger partial charge in [-0.3, -0.25) is 4.79 Å². The first-order chi connectivity index (χ1) is 11.9. The molecular formula is C19H22N2O4. The molecule has 3 heterocycles. The highest BCUT2D eigenvalue weighted by Crippen LogP contribution is 2.34. The molecule has 2 aliphatic rings. The minimum Gasteiger partial charge on any atom is -0.451 e. The highest BCUT2D eigenvalue weighted by Gasteiger charge is 2.46. The van der Waals surface area contributed by atoms with E-state index in [9.17, 15) is 9.59 Å². The topological polar surface area (TPSA) is 63.0 Å². The average Bonchev–Trinajstić information content (AvgIpc) is 3.04. The summed E-state index contributed by atoms with van der Waals surface area (Å²) in [6.45, 7) is 5.65. The number of likely N-dealkylation sites (tertiary alicyclic amines) is 1. The maximum Gasteiger partial charge on any atom is 0.410 e. The van der Waals surface area contributed by atoms with Gasteiger partial charge in [0.15, 0.2) is 5.76 Å². The summed E-state index contributed by atoms with van der Waals surface area (Å²) in [5.41, 5.74) is 2.29. The van der Waals surface area contributed by atoms with Crippen LogP contribution in [0.25, 0.3) is 11.0 Å². The fourth-order valence-corrected chi connectivity index (χ4v) is 3.85. The summed E-state index contributed by atoms with van der Waals surface area (Å²) in [4.78, 5) is 28.0. The van der Waals surface area contributed by atoms with Crippen LogP contribution in [0.3, 0.4) is 0 Å². The number of aryl methyl sites for hydroxylation is 2. The van der Waals surface area contributed by atoms with Crippen molar-refractivity contribution in [1.29, 1.82) is 0 Å². The lowest BCUT2D eigenvalue weighted by Crippen LogP contribution is -2.48. The zero-order chi connectivity index (χ0) is 17.8. The summed E-state index contributed by atoms with van der Waals surface area (Å²) in [6.07, 6.45) is 1.05. The van der Waals surface area contributed by atoms with Gasteiger partial charge in [0.2, 0.25) is 0 Å². The molecule has 2 aliphatic heterocycles. The zero-order valence-corrected chi connectivity index (χ0v) is 14.8. The quantitative estimate of drug-likeness (QED) is 0.799. The van der Waals surface area contributed by atoms with Crippen LogP contribution in [0, 0.1) is 13.8 Å². The van der Waals surface area contributed by atoms with E-state index in [1.165, 1.54) is 0 Å².